The first-order chi connectivity index (χ1) is 16.5. The van der Waals surface area contributed by atoms with Crippen LogP contribution in [0, 0.1) is 13.8 Å². The zero-order valence-electron chi connectivity index (χ0n) is 20.1. The Bertz CT molecular complexity index is 1300. The molecule has 2 aliphatic heterocycles. The number of hydrogen-bond donors (Lipinski definition) is 0. The van der Waals surface area contributed by atoms with Gasteiger partial charge in [-0.1, -0.05) is 67.4 Å². The Hall–Kier alpha value is -3.66. The fourth-order valence-electron chi connectivity index (χ4n) is 5.10. The van der Waals surface area contributed by atoms with Gasteiger partial charge < -0.3 is 4.90 Å². The van der Waals surface area contributed by atoms with Gasteiger partial charge in [0.2, 0.25) is 0 Å². The molecule has 3 aromatic carbocycles. The summed E-state index contributed by atoms with van der Waals surface area (Å²) in [6, 6.07) is 22.1. The Kier molecular flexibility index (Phi) is 5.82. The molecule has 5 rings (SSSR count). The molecule has 172 valence electrons. The van der Waals surface area contributed by atoms with Crippen LogP contribution in [0.4, 0.5) is 11.4 Å². The lowest BCUT2D eigenvalue weighted by Crippen LogP contribution is -2.34. The largest absolute Gasteiger partial charge is 0.336 e. The van der Waals surface area contributed by atoms with Crippen molar-refractivity contribution in [1.82, 2.24) is 0 Å². The molecule has 2 amide bonds. The Balaban J connectivity index is 1.61. The van der Waals surface area contributed by atoms with Gasteiger partial charge >= 0.3 is 0 Å². The number of carbonyl (C=O) groups is 2. The van der Waals surface area contributed by atoms with Crippen LogP contribution in [0.1, 0.15) is 47.6 Å². The van der Waals surface area contributed by atoms with E-state index in [4.69, 9.17) is 0 Å². The van der Waals surface area contributed by atoms with Crippen LogP contribution >= 0.6 is 0 Å². The molecule has 0 aliphatic carbocycles. The highest BCUT2D eigenvalue weighted by Crippen LogP contribution is 2.40. The predicted octanol–water partition coefficient (Wildman–Crippen LogP) is 5.99. The van der Waals surface area contributed by atoms with Crippen molar-refractivity contribution in [3.63, 3.8) is 0 Å². The first kappa shape index (κ1) is 22.1. The number of imide groups is 1. The van der Waals surface area contributed by atoms with Crippen LogP contribution < -0.4 is 9.80 Å². The van der Waals surface area contributed by atoms with Gasteiger partial charge in [-0.05, 0) is 73.6 Å². The summed E-state index contributed by atoms with van der Waals surface area (Å²) in [5.41, 5.74) is 7.99. The minimum absolute atomic E-state index is 0.252. The molecule has 0 unspecified atom stereocenters. The van der Waals surface area contributed by atoms with Crippen molar-refractivity contribution in [2.45, 2.75) is 46.5 Å². The molecule has 0 fully saturated rings. The van der Waals surface area contributed by atoms with Crippen molar-refractivity contribution in [1.29, 1.82) is 0 Å². The summed E-state index contributed by atoms with van der Waals surface area (Å²) >= 11 is 0. The first-order valence-electron chi connectivity index (χ1n) is 12.1. The van der Waals surface area contributed by atoms with Crippen LogP contribution in [0.3, 0.4) is 0 Å². The van der Waals surface area contributed by atoms with Crippen LogP contribution in [0.5, 0.6) is 0 Å². The monoisotopic (exact) mass is 450 g/mol. The zero-order valence-corrected chi connectivity index (χ0v) is 20.1. The number of carbonyl (C=O) groups excluding carboxylic acids is 2. The van der Waals surface area contributed by atoms with E-state index in [1.165, 1.54) is 16.0 Å². The number of aryl methyl sites for hydroxylation is 3. The standard InChI is InChI=1S/C30H30N2O2/c1-4-5-8-22-12-14-24(15-13-22)32-29(33)27(25-16-11-20(2)19-21(25)3)28(30(32)34)31-18-17-23-9-6-7-10-26(23)31/h6-7,9-16,19H,4-5,8,17-18H2,1-3H3. The predicted molar refractivity (Wildman–Crippen MR) is 138 cm³/mol. The van der Waals surface area contributed by atoms with Crippen LogP contribution in [0.25, 0.3) is 5.57 Å². The number of unbranched alkanes of at least 4 members (excludes halogenated alkanes) is 1. The van der Waals surface area contributed by atoms with E-state index in [-0.39, 0.29) is 11.8 Å². The molecule has 0 aromatic heterocycles. The number of rotatable bonds is 6. The van der Waals surface area contributed by atoms with E-state index in [1.54, 1.807) is 0 Å². The number of nitrogens with zero attached hydrogens (tertiary/aromatic N) is 2. The summed E-state index contributed by atoms with van der Waals surface area (Å²) in [6.45, 7) is 6.91. The average molecular weight is 451 g/mol. The second-order valence-electron chi connectivity index (χ2n) is 9.29. The van der Waals surface area contributed by atoms with Crippen molar-refractivity contribution < 1.29 is 9.59 Å². The van der Waals surface area contributed by atoms with Gasteiger partial charge in [0.25, 0.3) is 11.8 Å². The lowest BCUT2D eigenvalue weighted by Gasteiger charge is -2.22. The molecule has 2 heterocycles. The van der Waals surface area contributed by atoms with Crippen molar-refractivity contribution in [3.05, 3.63) is 100 Å². The van der Waals surface area contributed by atoms with Crippen molar-refractivity contribution >= 4 is 28.8 Å². The van der Waals surface area contributed by atoms with Gasteiger partial charge in [-0.2, -0.15) is 0 Å². The van der Waals surface area contributed by atoms with E-state index < -0.39 is 0 Å². The number of para-hydroxylation sites is 1. The van der Waals surface area contributed by atoms with Gasteiger partial charge in [-0.25, -0.2) is 4.90 Å². The highest BCUT2D eigenvalue weighted by molar-refractivity contribution is 6.46. The Morgan fingerprint density at radius 2 is 1.65 bits per heavy atom. The summed E-state index contributed by atoms with van der Waals surface area (Å²) in [4.78, 5) is 31.2. The lowest BCUT2D eigenvalue weighted by molar-refractivity contribution is -0.120. The fourth-order valence-corrected chi connectivity index (χ4v) is 5.10. The quantitative estimate of drug-likeness (QED) is 0.433. The van der Waals surface area contributed by atoms with Gasteiger partial charge in [0.1, 0.15) is 5.70 Å². The minimum Gasteiger partial charge on any atom is -0.336 e. The lowest BCUT2D eigenvalue weighted by atomic mass is 9.97. The van der Waals surface area contributed by atoms with E-state index in [2.05, 4.69) is 19.1 Å². The van der Waals surface area contributed by atoms with E-state index >= 15 is 0 Å². The van der Waals surface area contributed by atoms with Crippen LogP contribution in [0.2, 0.25) is 0 Å². The summed E-state index contributed by atoms with van der Waals surface area (Å²) in [5.74, 6) is -0.504. The molecule has 0 atom stereocenters. The molecule has 4 nitrogen and oxygen atoms in total. The van der Waals surface area contributed by atoms with Crippen molar-refractivity contribution in [2.75, 3.05) is 16.3 Å². The van der Waals surface area contributed by atoms with E-state index in [0.29, 0.717) is 23.5 Å². The molecular weight excluding hydrogens is 420 g/mol. The number of anilines is 2. The normalized spacial score (nSPS) is 15.5. The van der Waals surface area contributed by atoms with Gasteiger partial charge in [0.15, 0.2) is 0 Å². The maximum absolute atomic E-state index is 13.9. The highest BCUT2D eigenvalue weighted by atomic mass is 16.2. The molecule has 3 aromatic rings. The third-order valence-corrected chi connectivity index (χ3v) is 6.88. The molecular formula is C30H30N2O2. The minimum atomic E-state index is -0.252. The van der Waals surface area contributed by atoms with Crippen LogP contribution in [-0.4, -0.2) is 18.4 Å². The number of benzene rings is 3. The molecule has 0 saturated carbocycles. The third-order valence-electron chi connectivity index (χ3n) is 6.88. The first-order valence-corrected chi connectivity index (χ1v) is 12.1. The smallest absolute Gasteiger partial charge is 0.282 e. The van der Waals surface area contributed by atoms with E-state index in [1.807, 2.05) is 73.3 Å². The summed E-state index contributed by atoms with van der Waals surface area (Å²) in [5, 5.41) is 0. The third kappa shape index (κ3) is 3.73. The molecule has 0 bridgehead atoms. The Morgan fingerprint density at radius 1 is 0.882 bits per heavy atom. The summed E-state index contributed by atoms with van der Waals surface area (Å²) in [6.07, 6.45) is 4.11. The van der Waals surface area contributed by atoms with E-state index in [0.717, 1.165) is 48.1 Å². The summed E-state index contributed by atoms with van der Waals surface area (Å²) < 4.78 is 0. The molecule has 34 heavy (non-hydrogen) atoms. The molecule has 4 heteroatoms. The fraction of sp³-hybridized carbons (Fsp3) is 0.267. The summed E-state index contributed by atoms with van der Waals surface area (Å²) in [7, 11) is 0. The highest BCUT2D eigenvalue weighted by Gasteiger charge is 2.44. The molecule has 2 aliphatic rings. The molecule has 0 N–H and O–H groups in total. The molecule has 0 saturated heterocycles. The number of amides is 2. The van der Waals surface area contributed by atoms with Gasteiger partial charge in [0, 0.05) is 12.2 Å². The van der Waals surface area contributed by atoms with E-state index in [9.17, 15) is 9.59 Å². The number of fused-ring (bicyclic) bond motifs is 1. The van der Waals surface area contributed by atoms with Crippen molar-refractivity contribution in [3.8, 4) is 0 Å². The van der Waals surface area contributed by atoms with Crippen molar-refractivity contribution in [2.24, 2.45) is 0 Å². The van der Waals surface area contributed by atoms with Crippen LogP contribution in [-0.2, 0) is 22.4 Å². The molecule has 0 spiro atoms. The van der Waals surface area contributed by atoms with Gasteiger partial charge in [0.05, 0.1) is 11.3 Å². The second-order valence-corrected chi connectivity index (χ2v) is 9.29. The SMILES string of the molecule is CCCCc1ccc(N2C(=O)C(c3ccc(C)cc3C)=C(N3CCc4ccccc43)C2=O)cc1. The van der Waals surface area contributed by atoms with Gasteiger partial charge in [-0.15, -0.1) is 0 Å². The molecule has 0 radical (unpaired) electrons. The number of hydrogen-bond acceptors (Lipinski definition) is 3. The Morgan fingerprint density at radius 3 is 2.38 bits per heavy atom. The topological polar surface area (TPSA) is 40.6 Å². The second kappa shape index (κ2) is 8.94. The maximum Gasteiger partial charge on any atom is 0.282 e. The maximum atomic E-state index is 13.9. The zero-order chi connectivity index (χ0) is 23.8. The van der Waals surface area contributed by atoms with Crippen LogP contribution in [0.15, 0.2) is 72.4 Å². The van der Waals surface area contributed by atoms with Gasteiger partial charge in [-0.3, -0.25) is 9.59 Å². The average Bonchev–Trinajstić information content (AvgIpc) is 3.36. The Labute approximate surface area is 201 Å².